The first-order chi connectivity index (χ1) is 10.2. The van der Waals surface area contributed by atoms with Crippen LogP contribution in [-0.4, -0.2) is 40.4 Å². The molecule has 1 fully saturated rings. The molecule has 22 heavy (non-hydrogen) atoms. The van der Waals surface area contributed by atoms with E-state index in [1.165, 1.54) is 0 Å². The number of carbonyl (C=O) groups excluding carboxylic acids is 1. The van der Waals surface area contributed by atoms with Crippen molar-refractivity contribution in [3.05, 3.63) is 28.2 Å². The van der Waals surface area contributed by atoms with Crippen molar-refractivity contribution in [2.75, 3.05) is 13.1 Å². The zero-order chi connectivity index (χ0) is 16.1. The number of carbonyl (C=O) groups is 1. The Morgan fingerprint density at radius 2 is 2.14 bits per heavy atom. The molecule has 2 aliphatic rings. The first-order valence-electron chi connectivity index (χ1n) is 7.32. The van der Waals surface area contributed by atoms with Gasteiger partial charge in [0.25, 0.3) is 0 Å². The van der Waals surface area contributed by atoms with Crippen LogP contribution in [0.1, 0.15) is 38.9 Å². The lowest BCUT2D eigenvalue weighted by molar-refractivity contribution is -0.114. The van der Waals surface area contributed by atoms with Crippen LogP contribution in [0.2, 0.25) is 0 Å². The Morgan fingerprint density at radius 1 is 1.45 bits per heavy atom. The van der Waals surface area contributed by atoms with E-state index in [1.54, 1.807) is 4.90 Å². The third-order valence-corrected chi connectivity index (χ3v) is 4.33. The van der Waals surface area contributed by atoms with Gasteiger partial charge in [-0.25, -0.2) is 4.79 Å². The number of amides is 1. The maximum absolute atomic E-state index is 12.0. The number of likely N-dealkylation sites (tertiary alicyclic amines) is 1. The topological polar surface area (TPSA) is 59.0 Å². The Labute approximate surface area is 138 Å². The molecule has 0 aliphatic carbocycles. The molecule has 1 N–H and O–H groups in total. The zero-order valence-electron chi connectivity index (χ0n) is 12.9. The van der Waals surface area contributed by atoms with Crippen molar-refractivity contribution in [3.8, 4) is 5.75 Å². The van der Waals surface area contributed by atoms with E-state index >= 15 is 0 Å². The van der Waals surface area contributed by atoms with Crippen molar-refractivity contribution in [3.63, 3.8) is 0 Å². The van der Waals surface area contributed by atoms with E-state index in [-0.39, 0.29) is 6.09 Å². The number of fused-ring (bicyclic) bond motifs is 1. The molecule has 0 radical (unpaired) electrons. The van der Waals surface area contributed by atoms with E-state index in [2.05, 4.69) is 15.9 Å². The lowest BCUT2D eigenvalue weighted by atomic mass is 9.83. The number of benzene rings is 1. The van der Waals surface area contributed by atoms with Gasteiger partial charge in [-0.1, -0.05) is 22.0 Å². The van der Waals surface area contributed by atoms with Crippen LogP contribution in [-0.2, 0) is 4.74 Å². The minimum atomic E-state index is -0.572. The highest BCUT2D eigenvalue weighted by Crippen LogP contribution is 2.44. The first-order valence-corrected chi connectivity index (χ1v) is 8.11. The molecule has 5 nitrogen and oxygen atoms in total. The molecule has 2 aliphatic heterocycles. The van der Waals surface area contributed by atoms with Crippen molar-refractivity contribution in [1.29, 1.82) is 0 Å². The smallest absolute Gasteiger partial charge is 0.410 e. The lowest BCUT2D eigenvalue weighted by Gasteiger charge is -2.52. The fourth-order valence-electron chi connectivity index (χ4n) is 2.91. The predicted molar refractivity (Wildman–Crippen MR) is 84.9 cm³/mol. The number of nitrogens with zero attached hydrogens (tertiary/aromatic N) is 1. The lowest BCUT2D eigenvalue weighted by Crippen LogP contribution is -2.68. The molecule has 1 unspecified atom stereocenters. The molecule has 120 valence electrons. The van der Waals surface area contributed by atoms with Gasteiger partial charge in [0.15, 0.2) is 0 Å². The Bertz CT molecular complexity index is 605. The van der Waals surface area contributed by atoms with Crippen LogP contribution in [0.4, 0.5) is 4.79 Å². The number of ether oxygens (including phenoxy) is 2. The van der Waals surface area contributed by atoms with Crippen molar-refractivity contribution in [1.82, 2.24) is 4.90 Å². The minimum absolute atomic E-state index is 0.337. The molecule has 1 spiro atoms. The van der Waals surface area contributed by atoms with Crippen LogP contribution < -0.4 is 4.74 Å². The maximum Gasteiger partial charge on any atom is 0.410 e. The van der Waals surface area contributed by atoms with Crippen LogP contribution in [0.25, 0.3) is 0 Å². The second-order valence-electron chi connectivity index (χ2n) is 7.02. The van der Waals surface area contributed by atoms with Gasteiger partial charge in [0.05, 0.1) is 19.2 Å². The second kappa shape index (κ2) is 5.13. The standard InChI is InChI=1S/C16H20BrNO4/c1-15(2,3)22-14(20)18-8-16(9-18)7-12(19)11-5-4-10(17)6-13(11)21-16/h4-6,12,19H,7-9H2,1-3H3. The molecular formula is C16H20BrNO4. The number of halogens is 1. The fraction of sp³-hybridized carbons (Fsp3) is 0.562. The van der Waals surface area contributed by atoms with Crippen molar-refractivity contribution in [2.45, 2.75) is 44.5 Å². The average molecular weight is 370 g/mol. The molecule has 0 saturated carbocycles. The van der Waals surface area contributed by atoms with Crippen LogP contribution >= 0.6 is 15.9 Å². The molecule has 0 aromatic heterocycles. The summed E-state index contributed by atoms with van der Waals surface area (Å²) < 4.78 is 12.3. The predicted octanol–water partition coefficient (Wildman–Crippen LogP) is 3.25. The van der Waals surface area contributed by atoms with E-state index in [0.29, 0.717) is 25.3 Å². The molecule has 1 atom stereocenters. The van der Waals surface area contributed by atoms with Gasteiger partial charge in [0.1, 0.15) is 17.0 Å². The molecule has 3 rings (SSSR count). The summed E-state index contributed by atoms with van der Waals surface area (Å²) in [7, 11) is 0. The summed E-state index contributed by atoms with van der Waals surface area (Å²) in [6.07, 6.45) is -0.421. The van der Waals surface area contributed by atoms with Gasteiger partial charge in [-0.3, -0.25) is 0 Å². The summed E-state index contributed by atoms with van der Waals surface area (Å²) in [4.78, 5) is 13.6. The quantitative estimate of drug-likeness (QED) is 0.762. The van der Waals surface area contributed by atoms with Gasteiger partial charge < -0.3 is 19.5 Å². The second-order valence-corrected chi connectivity index (χ2v) is 7.94. The molecule has 1 amide bonds. The average Bonchev–Trinajstić information content (AvgIpc) is 2.32. The van der Waals surface area contributed by atoms with Crippen molar-refractivity contribution in [2.24, 2.45) is 0 Å². The van der Waals surface area contributed by atoms with Crippen LogP contribution in [0.15, 0.2) is 22.7 Å². The van der Waals surface area contributed by atoms with Crippen molar-refractivity contribution >= 4 is 22.0 Å². The molecule has 1 aromatic rings. The van der Waals surface area contributed by atoms with Gasteiger partial charge in [0.2, 0.25) is 0 Å². The Morgan fingerprint density at radius 3 is 2.77 bits per heavy atom. The van der Waals surface area contributed by atoms with Gasteiger partial charge in [0, 0.05) is 16.5 Å². The molecule has 1 saturated heterocycles. The highest BCUT2D eigenvalue weighted by atomic mass is 79.9. The third-order valence-electron chi connectivity index (χ3n) is 3.84. The Kier molecular flexibility index (Phi) is 3.64. The first kappa shape index (κ1) is 15.6. The normalized spacial score (nSPS) is 22.6. The summed E-state index contributed by atoms with van der Waals surface area (Å²) in [6, 6.07) is 5.61. The van der Waals surface area contributed by atoms with E-state index in [0.717, 1.165) is 10.0 Å². The molecule has 2 heterocycles. The highest BCUT2D eigenvalue weighted by molar-refractivity contribution is 9.10. The van der Waals surface area contributed by atoms with Crippen molar-refractivity contribution < 1.29 is 19.4 Å². The maximum atomic E-state index is 12.0. The molecular weight excluding hydrogens is 350 g/mol. The van der Waals surface area contributed by atoms with E-state index in [1.807, 2.05) is 39.0 Å². The summed E-state index contributed by atoms with van der Waals surface area (Å²) >= 11 is 3.41. The highest BCUT2D eigenvalue weighted by Gasteiger charge is 2.52. The summed E-state index contributed by atoms with van der Waals surface area (Å²) in [6.45, 7) is 6.40. The van der Waals surface area contributed by atoms with Gasteiger partial charge in [-0.2, -0.15) is 0 Å². The van der Waals surface area contributed by atoms with Crippen LogP contribution in [0, 0.1) is 0 Å². The summed E-state index contributed by atoms with van der Waals surface area (Å²) in [5.74, 6) is 0.678. The molecule has 6 heteroatoms. The monoisotopic (exact) mass is 369 g/mol. The van der Waals surface area contributed by atoms with Crippen LogP contribution in [0.3, 0.4) is 0 Å². The van der Waals surface area contributed by atoms with E-state index in [9.17, 15) is 9.90 Å². The number of rotatable bonds is 0. The van der Waals surface area contributed by atoms with Gasteiger partial charge >= 0.3 is 6.09 Å². The van der Waals surface area contributed by atoms with E-state index in [4.69, 9.17) is 9.47 Å². The van der Waals surface area contributed by atoms with Gasteiger partial charge in [-0.05, 0) is 32.9 Å². The zero-order valence-corrected chi connectivity index (χ0v) is 14.5. The Hall–Kier alpha value is -1.27. The molecule has 0 bridgehead atoms. The number of hydrogen-bond donors (Lipinski definition) is 1. The summed E-state index contributed by atoms with van der Waals surface area (Å²) in [5, 5.41) is 10.3. The number of hydrogen-bond acceptors (Lipinski definition) is 4. The third kappa shape index (κ3) is 2.94. The van der Waals surface area contributed by atoms with Gasteiger partial charge in [-0.15, -0.1) is 0 Å². The SMILES string of the molecule is CC(C)(C)OC(=O)N1CC2(CC(O)c3ccc(Br)cc3O2)C1. The minimum Gasteiger partial charge on any atom is -0.483 e. The molecule has 1 aromatic carbocycles. The van der Waals surface area contributed by atoms with Crippen LogP contribution in [0.5, 0.6) is 5.75 Å². The van der Waals surface area contributed by atoms with E-state index < -0.39 is 17.3 Å². The Balaban J connectivity index is 1.70. The number of aliphatic hydroxyl groups excluding tert-OH is 1. The summed E-state index contributed by atoms with van der Waals surface area (Å²) in [5.41, 5.74) is -0.224. The fourth-order valence-corrected chi connectivity index (χ4v) is 3.25. The largest absolute Gasteiger partial charge is 0.483 e. The number of aliphatic hydroxyl groups is 1.